The van der Waals surface area contributed by atoms with Crippen LogP contribution in [0.2, 0.25) is 0 Å². The second-order valence-corrected chi connectivity index (χ2v) is 11.0. The van der Waals surface area contributed by atoms with Crippen LogP contribution in [0.1, 0.15) is 129 Å². The average Bonchev–Trinajstić information content (AvgIpc) is 2.62. The summed E-state index contributed by atoms with van der Waals surface area (Å²) in [5.41, 5.74) is 0. The van der Waals surface area contributed by atoms with Crippen LogP contribution in [0.25, 0.3) is 0 Å². The largest absolute Gasteiger partial charge is 0.248 e. The van der Waals surface area contributed by atoms with Gasteiger partial charge in [0, 0.05) is 11.5 Å². The summed E-state index contributed by atoms with van der Waals surface area (Å²) in [4.78, 5) is 0. The fraction of sp³-hybridized carbons (Fsp3) is 1.00. The summed E-state index contributed by atoms with van der Waals surface area (Å²) in [5, 5.41) is 0. The van der Waals surface area contributed by atoms with Crippen molar-refractivity contribution < 1.29 is 4.21 Å². The monoisotopic (exact) mass is 390 g/mol. The maximum atomic E-state index is 12.0. The van der Waals surface area contributed by atoms with E-state index in [-0.39, 0.29) is 0 Å². The minimum absolute atomic E-state index is 0.628. The lowest BCUT2D eigenvalue weighted by Gasteiger charge is -2.04. The van der Waals surface area contributed by atoms with E-state index in [1.54, 1.807) is 10.8 Å². The van der Waals surface area contributed by atoms with Gasteiger partial charge in [-0.1, -0.05) is 127 Å². The standard InChI is InChI=1S/C22H46OS2/c1-3-5-7-9-11-13-15-17-19-21-24-25(23)22-20-18-16-14-12-10-8-6-4-2/h3-22H2,1-2H3. The van der Waals surface area contributed by atoms with Crippen molar-refractivity contribution in [3.8, 4) is 0 Å². The Morgan fingerprint density at radius 1 is 0.520 bits per heavy atom. The lowest BCUT2D eigenvalue weighted by molar-refractivity contribution is 0.572. The van der Waals surface area contributed by atoms with E-state index in [2.05, 4.69) is 13.8 Å². The maximum Gasteiger partial charge on any atom is 0.0803 e. The van der Waals surface area contributed by atoms with Gasteiger partial charge in [0.25, 0.3) is 0 Å². The Kier molecular flexibility index (Phi) is 23.0. The maximum absolute atomic E-state index is 12.0. The van der Waals surface area contributed by atoms with E-state index in [1.807, 2.05) is 0 Å². The van der Waals surface area contributed by atoms with Crippen LogP contribution in [0.3, 0.4) is 0 Å². The summed E-state index contributed by atoms with van der Waals surface area (Å²) < 4.78 is 12.0. The van der Waals surface area contributed by atoms with E-state index >= 15 is 0 Å². The molecule has 0 aliphatic rings. The van der Waals surface area contributed by atoms with Crippen LogP contribution >= 0.6 is 10.8 Å². The van der Waals surface area contributed by atoms with E-state index in [0.717, 1.165) is 17.9 Å². The molecule has 1 nitrogen and oxygen atoms in total. The van der Waals surface area contributed by atoms with E-state index in [1.165, 1.54) is 109 Å². The first kappa shape index (κ1) is 25.5. The first-order valence-electron chi connectivity index (χ1n) is 11.3. The summed E-state index contributed by atoms with van der Waals surface area (Å²) in [6.45, 7) is 4.55. The molecule has 0 spiro atoms. The van der Waals surface area contributed by atoms with Crippen molar-refractivity contribution in [2.45, 2.75) is 129 Å². The van der Waals surface area contributed by atoms with Gasteiger partial charge in [0.05, 0.1) is 9.83 Å². The zero-order chi connectivity index (χ0) is 18.4. The molecular weight excluding hydrogens is 344 g/mol. The van der Waals surface area contributed by atoms with Crippen molar-refractivity contribution in [1.82, 2.24) is 0 Å². The predicted octanol–water partition coefficient (Wildman–Crippen LogP) is 8.44. The molecule has 0 saturated carbocycles. The van der Waals surface area contributed by atoms with Gasteiger partial charge < -0.3 is 0 Å². The Labute approximate surface area is 165 Å². The highest BCUT2D eigenvalue weighted by molar-refractivity contribution is 8.69. The number of unbranched alkanes of at least 4 members (excludes halogenated alkanes) is 16. The molecule has 152 valence electrons. The van der Waals surface area contributed by atoms with Gasteiger partial charge in [-0.3, -0.25) is 0 Å². The van der Waals surface area contributed by atoms with Crippen LogP contribution in [-0.2, 0) is 9.83 Å². The zero-order valence-corrected chi connectivity index (χ0v) is 19.0. The molecule has 0 aliphatic carbocycles. The molecule has 0 saturated heterocycles. The van der Waals surface area contributed by atoms with Crippen LogP contribution < -0.4 is 0 Å². The summed E-state index contributed by atoms with van der Waals surface area (Å²) in [5.74, 6) is 2.01. The minimum Gasteiger partial charge on any atom is -0.248 e. The highest BCUT2D eigenvalue weighted by Gasteiger charge is 2.01. The van der Waals surface area contributed by atoms with Gasteiger partial charge in [0.1, 0.15) is 0 Å². The number of hydrogen-bond donors (Lipinski definition) is 0. The molecule has 3 heteroatoms. The third-order valence-electron chi connectivity index (χ3n) is 4.88. The molecular formula is C22H46OS2. The van der Waals surface area contributed by atoms with Crippen molar-refractivity contribution >= 4 is 20.6 Å². The van der Waals surface area contributed by atoms with Crippen LogP contribution in [0.4, 0.5) is 0 Å². The summed E-state index contributed by atoms with van der Waals surface area (Å²) in [6, 6.07) is 0. The van der Waals surface area contributed by atoms with Gasteiger partial charge >= 0.3 is 0 Å². The van der Waals surface area contributed by atoms with E-state index in [9.17, 15) is 4.21 Å². The molecule has 0 rings (SSSR count). The van der Waals surface area contributed by atoms with Crippen LogP contribution in [0.5, 0.6) is 0 Å². The van der Waals surface area contributed by atoms with E-state index < -0.39 is 9.83 Å². The molecule has 0 bridgehead atoms. The Morgan fingerprint density at radius 3 is 1.32 bits per heavy atom. The molecule has 1 unspecified atom stereocenters. The highest BCUT2D eigenvalue weighted by atomic mass is 33.1. The van der Waals surface area contributed by atoms with Gasteiger partial charge in [-0.2, -0.15) is 0 Å². The van der Waals surface area contributed by atoms with Crippen LogP contribution in [0, 0.1) is 0 Å². The summed E-state index contributed by atoms with van der Waals surface area (Å²) in [6.07, 6.45) is 24.5. The molecule has 0 amide bonds. The molecule has 0 N–H and O–H groups in total. The lowest BCUT2D eigenvalue weighted by Crippen LogP contribution is -1.94. The third-order valence-corrected chi connectivity index (χ3v) is 8.01. The Balaban J connectivity index is 3.13. The number of hydrogen-bond acceptors (Lipinski definition) is 2. The van der Waals surface area contributed by atoms with Crippen molar-refractivity contribution in [2.75, 3.05) is 11.5 Å². The number of rotatable bonds is 21. The van der Waals surface area contributed by atoms with E-state index in [0.29, 0.717) is 0 Å². The van der Waals surface area contributed by atoms with Gasteiger partial charge in [-0.25, -0.2) is 4.21 Å². The first-order valence-corrected chi connectivity index (χ1v) is 14.1. The normalized spacial score (nSPS) is 12.6. The Hall–Kier alpha value is 0.500. The molecule has 0 aromatic heterocycles. The zero-order valence-electron chi connectivity index (χ0n) is 17.4. The van der Waals surface area contributed by atoms with E-state index in [4.69, 9.17) is 0 Å². The molecule has 0 fully saturated rings. The van der Waals surface area contributed by atoms with Crippen molar-refractivity contribution in [2.24, 2.45) is 0 Å². The molecule has 0 aromatic carbocycles. The second kappa shape index (κ2) is 22.5. The fourth-order valence-electron chi connectivity index (χ4n) is 3.15. The Morgan fingerprint density at radius 2 is 0.880 bits per heavy atom. The average molecular weight is 391 g/mol. The molecule has 1 atom stereocenters. The Bertz CT molecular complexity index is 269. The second-order valence-electron chi connectivity index (χ2n) is 7.49. The molecule has 0 radical (unpaired) electrons. The smallest absolute Gasteiger partial charge is 0.0803 e. The SMILES string of the molecule is CCCCCCCCCCCSS(=O)CCCCCCCCCCC. The third kappa shape index (κ3) is 22.5. The topological polar surface area (TPSA) is 17.1 Å². The molecule has 25 heavy (non-hydrogen) atoms. The fourth-order valence-corrected chi connectivity index (χ4v) is 5.84. The predicted molar refractivity (Wildman–Crippen MR) is 120 cm³/mol. The quantitative estimate of drug-likeness (QED) is 0.144. The van der Waals surface area contributed by atoms with Crippen molar-refractivity contribution in [1.29, 1.82) is 0 Å². The first-order chi connectivity index (χ1) is 12.3. The van der Waals surface area contributed by atoms with Gasteiger partial charge in [0.15, 0.2) is 0 Å². The van der Waals surface area contributed by atoms with Crippen molar-refractivity contribution in [3.05, 3.63) is 0 Å². The minimum atomic E-state index is -0.628. The van der Waals surface area contributed by atoms with Crippen LogP contribution in [0.15, 0.2) is 0 Å². The van der Waals surface area contributed by atoms with Gasteiger partial charge in [-0.05, 0) is 12.8 Å². The molecule has 0 aromatic rings. The molecule has 0 heterocycles. The summed E-state index contributed by atoms with van der Waals surface area (Å²) >= 11 is 0. The lowest BCUT2D eigenvalue weighted by atomic mass is 10.1. The van der Waals surface area contributed by atoms with Crippen LogP contribution in [-0.4, -0.2) is 15.7 Å². The summed E-state index contributed by atoms with van der Waals surface area (Å²) in [7, 11) is 1.07. The molecule has 0 aliphatic heterocycles. The highest BCUT2D eigenvalue weighted by Crippen LogP contribution is 2.16. The van der Waals surface area contributed by atoms with Crippen molar-refractivity contribution in [3.63, 3.8) is 0 Å². The van der Waals surface area contributed by atoms with Gasteiger partial charge in [0.2, 0.25) is 0 Å². The van der Waals surface area contributed by atoms with Gasteiger partial charge in [-0.15, -0.1) is 0 Å².